The van der Waals surface area contributed by atoms with E-state index in [2.05, 4.69) is 53.6 Å². The van der Waals surface area contributed by atoms with Crippen molar-refractivity contribution in [1.29, 1.82) is 0 Å². The molecule has 6 rings (SSSR count). The minimum Gasteiger partial charge on any atom is -0.478 e. The Hall–Kier alpha value is -3.88. The van der Waals surface area contributed by atoms with Gasteiger partial charge >= 0.3 is 5.97 Å². The Bertz CT molecular complexity index is 1540. The number of hydrogen-bond donors (Lipinski definition) is 4. The molecular weight excluding hydrogens is 699 g/mol. The van der Waals surface area contributed by atoms with E-state index >= 15 is 0 Å². The summed E-state index contributed by atoms with van der Waals surface area (Å²) in [6, 6.07) is 3.80. The van der Waals surface area contributed by atoms with E-state index in [4.69, 9.17) is 14.6 Å². The van der Waals surface area contributed by atoms with E-state index < -0.39 is 5.97 Å². The molecule has 0 unspecified atom stereocenters. The van der Waals surface area contributed by atoms with Crippen LogP contribution in [-0.4, -0.2) is 95.3 Å². The SMILES string of the molecule is CC(C)COC1CN(C(=O)/C=C/c2cnc3c(c2)CCC(=O)N3)C1.CC(C)COC1CNC1.Cl.Cl.O=C(O)/C=C/c1cnc2c(c1)CCC(=O)N2. The lowest BCUT2D eigenvalue weighted by atomic mass is 10.0. The zero-order valence-corrected chi connectivity index (χ0v) is 31.2. The molecule has 0 atom stereocenters. The lowest BCUT2D eigenvalue weighted by Crippen LogP contribution is -2.54. The number of aryl methyl sites for hydroxylation is 2. The fourth-order valence-corrected chi connectivity index (χ4v) is 4.93. The zero-order chi connectivity index (χ0) is 35.3. The van der Waals surface area contributed by atoms with Gasteiger partial charge in [0, 0.05) is 76.8 Å². The van der Waals surface area contributed by atoms with Gasteiger partial charge < -0.3 is 35.4 Å². The lowest BCUT2D eigenvalue weighted by Gasteiger charge is -2.38. The van der Waals surface area contributed by atoms with Gasteiger partial charge in [-0.05, 0) is 71.2 Å². The highest BCUT2D eigenvalue weighted by Gasteiger charge is 2.30. The van der Waals surface area contributed by atoms with Crippen molar-refractivity contribution in [3.8, 4) is 0 Å². The van der Waals surface area contributed by atoms with Crippen molar-refractivity contribution in [2.24, 2.45) is 11.8 Å². The Morgan fingerprint density at radius 1 is 0.804 bits per heavy atom. The van der Waals surface area contributed by atoms with Crippen molar-refractivity contribution in [2.75, 3.05) is 50.0 Å². The molecule has 4 N–H and O–H groups in total. The molecule has 0 aliphatic carbocycles. The second-order valence-electron chi connectivity index (χ2n) is 13.3. The first-order valence-electron chi connectivity index (χ1n) is 16.8. The molecule has 0 bridgehead atoms. The number of halogens is 2. The molecule has 4 aliphatic heterocycles. The molecule has 2 fully saturated rings. The summed E-state index contributed by atoms with van der Waals surface area (Å²) in [5.41, 5.74) is 3.53. The van der Waals surface area contributed by atoms with Crippen molar-refractivity contribution in [2.45, 2.75) is 65.6 Å². The van der Waals surface area contributed by atoms with Gasteiger partial charge in [-0.2, -0.15) is 0 Å². The van der Waals surface area contributed by atoms with E-state index in [-0.39, 0.29) is 48.6 Å². The number of carboxylic acids is 1. The third-order valence-electron chi connectivity index (χ3n) is 7.80. The van der Waals surface area contributed by atoms with Crippen molar-refractivity contribution in [3.63, 3.8) is 0 Å². The quantitative estimate of drug-likeness (QED) is 0.255. The average Bonchev–Trinajstić information content (AvgIpc) is 3.01. The number of pyridine rings is 2. The van der Waals surface area contributed by atoms with Gasteiger partial charge in [0.25, 0.3) is 0 Å². The number of ether oxygens (including phenoxy) is 2. The van der Waals surface area contributed by atoms with Gasteiger partial charge in [-0.15, -0.1) is 24.8 Å². The highest BCUT2D eigenvalue weighted by Crippen LogP contribution is 2.22. The van der Waals surface area contributed by atoms with E-state index in [0.29, 0.717) is 68.3 Å². The number of aliphatic carboxylic acids is 1. The summed E-state index contributed by atoms with van der Waals surface area (Å²) in [4.78, 5) is 55.0. The molecule has 3 amide bonds. The summed E-state index contributed by atoms with van der Waals surface area (Å²) in [5.74, 6) is 1.35. The van der Waals surface area contributed by atoms with Gasteiger partial charge in [-0.1, -0.05) is 27.7 Å². The minimum atomic E-state index is -0.994. The maximum atomic E-state index is 12.1. The van der Waals surface area contributed by atoms with Crippen molar-refractivity contribution < 1.29 is 33.8 Å². The molecule has 2 aromatic heterocycles. The normalized spacial score (nSPS) is 16.5. The lowest BCUT2D eigenvalue weighted by molar-refractivity contribution is -0.140. The number of hydrogen-bond acceptors (Lipinski definition) is 9. The highest BCUT2D eigenvalue weighted by molar-refractivity contribution is 5.94. The third-order valence-corrected chi connectivity index (χ3v) is 7.80. The zero-order valence-electron chi connectivity index (χ0n) is 29.6. The van der Waals surface area contributed by atoms with E-state index in [1.807, 2.05) is 12.1 Å². The summed E-state index contributed by atoms with van der Waals surface area (Å²) >= 11 is 0. The molecule has 4 aliphatic rings. The Balaban J connectivity index is 0.000000288. The Morgan fingerprint density at radius 3 is 1.71 bits per heavy atom. The summed E-state index contributed by atoms with van der Waals surface area (Å²) in [6.07, 6.45) is 12.0. The summed E-state index contributed by atoms with van der Waals surface area (Å²) in [6.45, 7) is 13.6. The highest BCUT2D eigenvalue weighted by atomic mass is 35.5. The number of rotatable bonds is 10. The first kappa shape index (κ1) is 43.3. The molecule has 51 heavy (non-hydrogen) atoms. The summed E-state index contributed by atoms with van der Waals surface area (Å²) in [5, 5.41) is 17.1. The van der Waals surface area contributed by atoms with E-state index in [1.165, 1.54) is 12.3 Å². The number of fused-ring (bicyclic) bond motifs is 2. The number of anilines is 2. The topological polar surface area (TPSA) is 172 Å². The smallest absolute Gasteiger partial charge is 0.328 e. The molecule has 0 spiro atoms. The number of carbonyl (C=O) groups excluding carboxylic acids is 3. The van der Waals surface area contributed by atoms with Crippen LogP contribution in [0.3, 0.4) is 0 Å². The van der Waals surface area contributed by atoms with Gasteiger partial charge in [-0.3, -0.25) is 14.4 Å². The van der Waals surface area contributed by atoms with Gasteiger partial charge in [0.05, 0.1) is 12.2 Å². The van der Waals surface area contributed by atoms with Crippen LogP contribution in [0.4, 0.5) is 11.6 Å². The standard InChI is InChI=1S/C18H23N3O3.C11H10N2O3.C7H15NO.2ClH/c1-12(2)11-24-15-9-21(10-15)17(23)6-3-13-7-14-4-5-16(22)20-18(14)19-8-13;14-9-3-2-8-5-7(1-4-10(15)16)6-12-11(8)13-9;1-6(2)5-9-7-3-8-4-7;;/h3,6-8,12,15H,4-5,9-11H2,1-2H3,(H,19,20,22);1,4-6H,2-3H2,(H,15,16)(H,12,13,14);6-8H,3-5H2,1-2H3;2*1H/b6-3+;4-1+;;;. The molecule has 13 nitrogen and oxygen atoms in total. The Morgan fingerprint density at radius 2 is 1.27 bits per heavy atom. The van der Waals surface area contributed by atoms with Crippen LogP contribution in [0.1, 0.15) is 62.8 Å². The van der Waals surface area contributed by atoms with Gasteiger partial charge in [0.15, 0.2) is 0 Å². The molecule has 15 heteroatoms. The predicted octanol–water partition coefficient (Wildman–Crippen LogP) is 4.40. The van der Waals surface area contributed by atoms with Crippen LogP contribution in [0.25, 0.3) is 12.2 Å². The largest absolute Gasteiger partial charge is 0.478 e. The number of nitrogens with zero attached hydrogens (tertiary/aromatic N) is 3. The molecule has 0 aromatic carbocycles. The van der Waals surface area contributed by atoms with Crippen molar-refractivity contribution >= 4 is 72.3 Å². The number of aromatic nitrogens is 2. The molecule has 280 valence electrons. The Kier molecular flexibility index (Phi) is 18.2. The van der Waals surface area contributed by atoms with E-state index in [9.17, 15) is 19.2 Å². The maximum Gasteiger partial charge on any atom is 0.328 e. The number of nitrogens with one attached hydrogen (secondary N) is 3. The maximum absolute atomic E-state index is 12.1. The predicted molar refractivity (Wildman–Crippen MR) is 201 cm³/mol. The van der Waals surface area contributed by atoms with Crippen LogP contribution in [-0.2, 0) is 41.5 Å². The third kappa shape index (κ3) is 14.7. The molecule has 0 saturated carbocycles. The van der Waals surface area contributed by atoms with Gasteiger partial charge in [0.2, 0.25) is 17.7 Å². The summed E-state index contributed by atoms with van der Waals surface area (Å²) in [7, 11) is 0. The number of carboxylic acid groups (broad SMARTS) is 1. The van der Waals surface area contributed by atoms with Crippen LogP contribution >= 0.6 is 24.8 Å². The van der Waals surface area contributed by atoms with E-state index in [0.717, 1.165) is 54.6 Å². The molecule has 2 saturated heterocycles. The van der Waals surface area contributed by atoms with Crippen LogP contribution < -0.4 is 16.0 Å². The van der Waals surface area contributed by atoms with E-state index in [1.54, 1.807) is 23.2 Å². The molecule has 2 aromatic rings. The first-order valence-corrected chi connectivity index (χ1v) is 16.8. The molecule has 6 heterocycles. The summed E-state index contributed by atoms with van der Waals surface area (Å²) < 4.78 is 11.2. The van der Waals surface area contributed by atoms with Crippen LogP contribution in [0.5, 0.6) is 0 Å². The minimum absolute atomic E-state index is 0. The fourth-order valence-electron chi connectivity index (χ4n) is 4.93. The monoisotopic (exact) mass is 748 g/mol. The van der Waals surface area contributed by atoms with Crippen LogP contribution in [0.2, 0.25) is 0 Å². The second kappa shape index (κ2) is 21.5. The van der Waals surface area contributed by atoms with Crippen LogP contribution in [0.15, 0.2) is 36.7 Å². The van der Waals surface area contributed by atoms with Gasteiger partial charge in [0.1, 0.15) is 11.6 Å². The molecular formula is C36H50Cl2N6O7. The first-order chi connectivity index (χ1) is 23.4. The van der Waals surface area contributed by atoms with Gasteiger partial charge in [-0.25, -0.2) is 14.8 Å². The number of amides is 3. The van der Waals surface area contributed by atoms with Crippen LogP contribution in [0, 0.1) is 11.8 Å². The van der Waals surface area contributed by atoms with Crippen molar-refractivity contribution in [3.05, 3.63) is 58.9 Å². The van der Waals surface area contributed by atoms with Crippen molar-refractivity contribution in [1.82, 2.24) is 20.2 Å². The Labute approximate surface area is 311 Å². The molecule has 0 radical (unpaired) electrons. The number of carbonyl (C=O) groups is 4. The second-order valence-corrected chi connectivity index (χ2v) is 13.3. The number of likely N-dealkylation sites (tertiary alicyclic amines) is 1. The fraction of sp³-hybridized carbons (Fsp3) is 0.500. The average molecular weight is 750 g/mol.